The fraction of sp³-hybridized carbons (Fsp3) is 0.250. The zero-order chi connectivity index (χ0) is 11.4. The quantitative estimate of drug-likeness (QED) is 0.762. The average molecular weight is 288 g/mol. The average Bonchev–Trinajstić information content (AvgIpc) is 2.08. The van der Waals surface area contributed by atoms with Crippen LogP contribution in [-0.2, 0) is 11.2 Å². The van der Waals surface area contributed by atoms with E-state index in [1.54, 1.807) is 12.1 Å². The van der Waals surface area contributed by atoms with Gasteiger partial charge >= 0.3 is 0 Å². The molecule has 0 spiro atoms. The molecule has 15 heavy (non-hydrogen) atoms. The molecule has 0 fully saturated rings. The summed E-state index contributed by atoms with van der Waals surface area (Å²) in [6.07, 6.45) is 2.00. The summed E-state index contributed by atoms with van der Waals surface area (Å²) in [5.74, 6) is 0.0826. The minimum absolute atomic E-state index is 0.0826. The fourth-order valence-corrected chi connectivity index (χ4v) is 1.97. The first-order valence-corrected chi connectivity index (χ1v) is 5.78. The monoisotopic (exact) mass is 286 g/mol. The molecule has 3 heteroatoms. The summed E-state index contributed by atoms with van der Waals surface area (Å²) >= 11 is 9.33. The summed E-state index contributed by atoms with van der Waals surface area (Å²) in [6, 6.07) is 5.55. The van der Waals surface area contributed by atoms with Crippen LogP contribution in [0, 0.1) is 0 Å². The Bertz CT molecular complexity index is 406. The summed E-state index contributed by atoms with van der Waals surface area (Å²) in [5.41, 5.74) is 1.87. The van der Waals surface area contributed by atoms with Crippen LogP contribution < -0.4 is 0 Å². The second kappa shape index (κ2) is 5.47. The summed E-state index contributed by atoms with van der Waals surface area (Å²) in [7, 11) is 0. The lowest BCUT2D eigenvalue weighted by Gasteiger charge is -2.02. The van der Waals surface area contributed by atoms with E-state index in [0.717, 1.165) is 15.6 Å². The number of allylic oxidation sites excluding steroid dienone is 2. The molecule has 1 aromatic rings. The fourth-order valence-electron chi connectivity index (χ4n) is 1.23. The van der Waals surface area contributed by atoms with Crippen LogP contribution in [0.4, 0.5) is 0 Å². The molecule has 0 atom stereocenters. The maximum atomic E-state index is 11.5. The molecule has 0 N–H and O–H groups in total. The third kappa shape index (κ3) is 4.18. The largest absolute Gasteiger partial charge is 0.294 e. The molecule has 0 aliphatic heterocycles. The molecule has 1 rings (SSSR count). The first-order chi connectivity index (χ1) is 6.99. The predicted molar refractivity (Wildman–Crippen MR) is 67.3 cm³/mol. The topological polar surface area (TPSA) is 17.1 Å². The number of halogens is 2. The first kappa shape index (κ1) is 12.5. The van der Waals surface area contributed by atoms with Crippen molar-refractivity contribution in [1.82, 2.24) is 0 Å². The maximum Gasteiger partial charge on any atom is 0.160 e. The molecule has 0 aromatic heterocycles. The molecule has 80 valence electrons. The molecule has 0 aliphatic carbocycles. The molecule has 0 saturated heterocycles. The van der Waals surface area contributed by atoms with Crippen molar-refractivity contribution in [1.29, 1.82) is 0 Å². The molecule has 0 unspecified atom stereocenters. The Morgan fingerprint density at radius 1 is 1.47 bits per heavy atom. The molecule has 0 heterocycles. The van der Waals surface area contributed by atoms with Crippen LogP contribution in [0.2, 0.25) is 5.02 Å². The van der Waals surface area contributed by atoms with E-state index < -0.39 is 0 Å². The predicted octanol–water partition coefficient (Wildman–Crippen LogP) is 4.18. The Kier molecular flexibility index (Phi) is 4.55. The number of benzene rings is 1. The SMILES string of the molecule is CC(C)=CC(=O)Cc1ccc(Br)cc1Cl. The number of carbonyl (C=O) groups excluding carboxylic acids is 1. The number of hydrogen-bond acceptors (Lipinski definition) is 1. The standard InChI is InChI=1S/C12H12BrClO/c1-8(2)5-11(15)6-9-3-4-10(13)7-12(9)14/h3-5,7H,6H2,1-2H3. The highest BCUT2D eigenvalue weighted by atomic mass is 79.9. The van der Waals surface area contributed by atoms with Crippen molar-refractivity contribution in [2.45, 2.75) is 20.3 Å². The van der Waals surface area contributed by atoms with E-state index >= 15 is 0 Å². The summed E-state index contributed by atoms with van der Waals surface area (Å²) in [5, 5.41) is 0.625. The number of carbonyl (C=O) groups is 1. The molecule has 0 radical (unpaired) electrons. The highest BCUT2D eigenvalue weighted by Crippen LogP contribution is 2.22. The van der Waals surface area contributed by atoms with Gasteiger partial charge in [0.1, 0.15) is 0 Å². The number of ketones is 1. The second-order valence-corrected chi connectivity index (χ2v) is 4.92. The Morgan fingerprint density at radius 2 is 2.13 bits per heavy atom. The van der Waals surface area contributed by atoms with Crippen LogP contribution in [0.25, 0.3) is 0 Å². The van der Waals surface area contributed by atoms with Crippen molar-refractivity contribution in [2.24, 2.45) is 0 Å². The maximum absolute atomic E-state index is 11.5. The lowest BCUT2D eigenvalue weighted by molar-refractivity contribution is -0.114. The van der Waals surface area contributed by atoms with E-state index in [-0.39, 0.29) is 5.78 Å². The Balaban J connectivity index is 2.82. The Hall–Kier alpha value is -0.600. The Labute approximate surface area is 103 Å². The van der Waals surface area contributed by atoms with Crippen LogP contribution in [-0.4, -0.2) is 5.78 Å². The van der Waals surface area contributed by atoms with Crippen molar-refractivity contribution in [2.75, 3.05) is 0 Å². The van der Waals surface area contributed by atoms with Crippen molar-refractivity contribution < 1.29 is 4.79 Å². The van der Waals surface area contributed by atoms with Crippen LogP contribution in [0.5, 0.6) is 0 Å². The highest BCUT2D eigenvalue weighted by molar-refractivity contribution is 9.10. The Morgan fingerprint density at radius 3 is 2.67 bits per heavy atom. The van der Waals surface area contributed by atoms with Gasteiger partial charge in [0.25, 0.3) is 0 Å². The van der Waals surface area contributed by atoms with Crippen LogP contribution in [0.3, 0.4) is 0 Å². The van der Waals surface area contributed by atoms with E-state index in [2.05, 4.69) is 15.9 Å². The lowest BCUT2D eigenvalue weighted by Crippen LogP contribution is -1.99. The zero-order valence-electron chi connectivity index (χ0n) is 8.68. The molecular weight excluding hydrogens is 275 g/mol. The van der Waals surface area contributed by atoms with Crippen LogP contribution in [0.1, 0.15) is 19.4 Å². The summed E-state index contributed by atoms with van der Waals surface area (Å²) in [4.78, 5) is 11.5. The zero-order valence-corrected chi connectivity index (χ0v) is 11.0. The first-order valence-electron chi connectivity index (χ1n) is 4.60. The minimum Gasteiger partial charge on any atom is -0.294 e. The van der Waals surface area contributed by atoms with Gasteiger partial charge in [0, 0.05) is 15.9 Å². The van der Waals surface area contributed by atoms with E-state index in [1.807, 2.05) is 26.0 Å². The van der Waals surface area contributed by atoms with E-state index in [1.165, 1.54) is 0 Å². The van der Waals surface area contributed by atoms with Crippen molar-refractivity contribution in [3.05, 3.63) is 44.9 Å². The molecule has 0 saturated carbocycles. The van der Waals surface area contributed by atoms with Gasteiger partial charge in [-0.2, -0.15) is 0 Å². The van der Waals surface area contributed by atoms with Gasteiger partial charge in [0.2, 0.25) is 0 Å². The van der Waals surface area contributed by atoms with Gasteiger partial charge in [-0.3, -0.25) is 4.79 Å². The van der Waals surface area contributed by atoms with Crippen LogP contribution in [0.15, 0.2) is 34.3 Å². The van der Waals surface area contributed by atoms with Crippen LogP contribution >= 0.6 is 27.5 Å². The molecule has 0 bridgehead atoms. The summed E-state index contributed by atoms with van der Waals surface area (Å²) in [6.45, 7) is 3.81. The van der Waals surface area contributed by atoms with Crippen molar-refractivity contribution in [3.63, 3.8) is 0 Å². The van der Waals surface area contributed by atoms with E-state index in [4.69, 9.17) is 11.6 Å². The molecular formula is C12H12BrClO. The van der Waals surface area contributed by atoms with Gasteiger partial charge in [-0.25, -0.2) is 0 Å². The van der Waals surface area contributed by atoms with Gasteiger partial charge < -0.3 is 0 Å². The normalized spacial score (nSPS) is 9.87. The van der Waals surface area contributed by atoms with Gasteiger partial charge in [-0.1, -0.05) is 39.2 Å². The third-order valence-electron chi connectivity index (χ3n) is 1.83. The third-order valence-corrected chi connectivity index (χ3v) is 2.67. The van der Waals surface area contributed by atoms with Crippen molar-refractivity contribution >= 4 is 33.3 Å². The second-order valence-electron chi connectivity index (χ2n) is 3.60. The lowest BCUT2D eigenvalue weighted by atomic mass is 10.1. The van der Waals surface area contributed by atoms with Crippen molar-refractivity contribution in [3.8, 4) is 0 Å². The highest BCUT2D eigenvalue weighted by Gasteiger charge is 2.05. The number of rotatable bonds is 3. The smallest absolute Gasteiger partial charge is 0.160 e. The van der Waals surface area contributed by atoms with Gasteiger partial charge in [-0.05, 0) is 37.6 Å². The molecule has 1 aromatic carbocycles. The molecule has 0 amide bonds. The number of hydrogen-bond donors (Lipinski definition) is 0. The van der Waals surface area contributed by atoms with Gasteiger partial charge in [0.05, 0.1) is 0 Å². The van der Waals surface area contributed by atoms with Gasteiger partial charge in [-0.15, -0.1) is 0 Å². The van der Waals surface area contributed by atoms with E-state index in [0.29, 0.717) is 11.4 Å². The van der Waals surface area contributed by atoms with Gasteiger partial charge in [0.15, 0.2) is 5.78 Å². The minimum atomic E-state index is 0.0826. The van der Waals surface area contributed by atoms with E-state index in [9.17, 15) is 4.79 Å². The molecule has 1 nitrogen and oxygen atoms in total. The molecule has 0 aliphatic rings. The summed E-state index contributed by atoms with van der Waals surface area (Å²) < 4.78 is 0.922.